The third-order valence-electron chi connectivity index (χ3n) is 5.54. The minimum absolute atomic E-state index is 0.0215. The maximum Gasteiger partial charge on any atom is 0.417 e. The van der Waals surface area contributed by atoms with Gasteiger partial charge in [-0.25, -0.2) is 0 Å². The van der Waals surface area contributed by atoms with E-state index < -0.39 is 17.8 Å². The topological polar surface area (TPSA) is 84.1 Å². The zero-order valence-corrected chi connectivity index (χ0v) is 15.3. The number of hydrogen-bond donors (Lipinski definition) is 1. The molecule has 1 saturated heterocycles. The summed E-state index contributed by atoms with van der Waals surface area (Å²) in [4.78, 5) is 18.2. The molecule has 2 aliphatic rings. The maximum atomic E-state index is 12.6. The van der Waals surface area contributed by atoms with Crippen molar-refractivity contribution in [2.75, 3.05) is 18.4 Å². The normalized spacial score (nSPS) is 19.5. The molecule has 1 atom stereocenters. The number of nitrogens with one attached hydrogen (secondary N) is 1. The van der Waals surface area contributed by atoms with Crippen LogP contribution in [-0.4, -0.2) is 45.1 Å². The first-order valence-corrected chi connectivity index (χ1v) is 9.18. The van der Waals surface area contributed by atoms with Crippen LogP contribution in [0.4, 0.5) is 19.2 Å². The molecule has 4 rings (SSSR count). The Morgan fingerprint density at radius 3 is 2.50 bits per heavy atom. The summed E-state index contributed by atoms with van der Waals surface area (Å²) in [5.74, 6) is -0.0626. The number of anilines is 1. The van der Waals surface area contributed by atoms with Crippen molar-refractivity contribution in [2.45, 2.75) is 44.8 Å². The van der Waals surface area contributed by atoms with Crippen LogP contribution in [0.1, 0.15) is 38.2 Å². The Morgan fingerprint density at radius 2 is 1.93 bits per heavy atom. The van der Waals surface area contributed by atoms with Crippen LogP contribution in [0.3, 0.4) is 0 Å². The summed E-state index contributed by atoms with van der Waals surface area (Å²) >= 11 is 0. The number of amides is 1. The first-order valence-electron chi connectivity index (χ1n) is 9.18. The Hall–Kier alpha value is -2.65. The quantitative estimate of drug-likeness (QED) is 0.855. The highest BCUT2D eigenvalue weighted by Crippen LogP contribution is 2.53. The summed E-state index contributed by atoms with van der Waals surface area (Å²) in [7, 11) is 0. The fourth-order valence-corrected chi connectivity index (χ4v) is 3.47. The number of halogens is 3. The SMILES string of the molecule is C[C@@H](Nc1nnc(-c2ccc(C(F)(F)F)cn2)o1)C(=O)N1CCC2(CC1)CC2. The third-order valence-corrected chi connectivity index (χ3v) is 5.54. The van der Waals surface area contributed by atoms with Gasteiger partial charge in [0, 0.05) is 19.3 Å². The van der Waals surface area contributed by atoms with Crippen molar-refractivity contribution in [3.63, 3.8) is 0 Å². The van der Waals surface area contributed by atoms with Crippen LogP contribution < -0.4 is 5.32 Å². The molecule has 1 spiro atoms. The zero-order chi connectivity index (χ0) is 19.9. The van der Waals surface area contributed by atoms with Crippen molar-refractivity contribution in [2.24, 2.45) is 5.41 Å². The molecule has 2 aromatic rings. The second-order valence-corrected chi connectivity index (χ2v) is 7.53. The monoisotopic (exact) mass is 395 g/mol. The average Bonchev–Trinajstić information content (AvgIpc) is 3.25. The second-order valence-electron chi connectivity index (χ2n) is 7.53. The minimum Gasteiger partial charge on any atom is -0.402 e. The van der Waals surface area contributed by atoms with Gasteiger partial charge in [0.2, 0.25) is 5.91 Å². The lowest BCUT2D eigenvalue weighted by Gasteiger charge is -2.33. The highest BCUT2D eigenvalue weighted by molar-refractivity contribution is 5.83. The molecule has 1 N–H and O–H groups in total. The standard InChI is InChI=1S/C18H20F3N5O2/c1-11(15(27)26-8-6-17(4-5-17)7-9-26)23-16-25-24-14(28-16)13-3-2-12(10-22-13)18(19,20)21/h2-3,10-11H,4-9H2,1H3,(H,23,25)/t11-/m1/s1. The number of rotatable bonds is 4. The summed E-state index contributed by atoms with van der Waals surface area (Å²) in [5, 5.41) is 10.4. The zero-order valence-electron chi connectivity index (χ0n) is 15.3. The van der Waals surface area contributed by atoms with Crippen molar-refractivity contribution in [1.29, 1.82) is 0 Å². The van der Waals surface area contributed by atoms with Gasteiger partial charge in [0.1, 0.15) is 11.7 Å². The van der Waals surface area contributed by atoms with E-state index in [4.69, 9.17) is 4.42 Å². The lowest BCUT2D eigenvalue weighted by molar-refractivity contribution is -0.137. The van der Waals surface area contributed by atoms with Gasteiger partial charge in [-0.05, 0) is 50.2 Å². The van der Waals surface area contributed by atoms with Crippen LogP contribution in [0, 0.1) is 5.41 Å². The Labute approximate surface area is 159 Å². The molecule has 1 saturated carbocycles. The van der Waals surface area contributed by atoms with Gasteiger partial charge >= 0.3 is 12.2 Å². The van der Waals surface area contributed by atoms with E-state index >= 15 is 0 Å². The second kappa shape index (κ2) is 6.75. The molecular formula is C18H20F3N5O2. The summed E-state index contributed by atoms with van der Waals surface area (Å²) < 4.78 is 43.2. The van der Waals surface area contributed by atoms with Crippen molar-refractivity contribution >= 4 is 11.9 Å². The van der Waals surface area contributed by atoms with Gasteiger partial charge in [0.25, 0.3) is 5.89 Å². The van der Waals surface area contributed by atoms with Crippen LogP contribution in [-0.2, 0) is 11.0 Å². The molecule has 1 amide bonds. The Balaban J connectivity index is 1.37. The Kier molecular flexibility index (Phi) is 4.51. The van der Waals surface area contributed by atoms with E-state index in [0.717, 1.165) is 38.1 Å². The smallest absolute Gasteiger partial charge is 0.402 e. The third kappa shape index (κ3) is 3.81. The molecule has 0 radical (unpaired) electrons. The number of carbonyl (C=O) groups excluding carboxylic acids is 1. The summed E-state index contributed by atoms with van der Waals surface area (Å²) in [6, 6.07) is 1.53. The highest BCUT2D eigenvalue weighted by Gasteiger charge is 2.45. The van der Waals surface area contributed by atoms with Gasteiger partial charge in [-0.3, -0.25) is 9.78 Å². The van der Waals surface area contributed by atoms with Crippen LogP contribution in [0.5, 0.6) is 0 Å². The summed E-state index contributed by atoms with van der Waals surface area (Å²) in [6.45, 7) is 3.23. The number of aromatic nitrogens is 3. The molecule has 1 aliphatic heterocycles. The van der Waals surface area contributed by atoms with Crippen molar-refractivity contribution < 1.29 is 22.4 Å². The lowest BCUT2D eigenvalue weighted by atomic mass is 9.93. The molecule has 0 unspecified atom stereocenters. The molecule has 3 heterocycles. The minimum atomic E-state index is -4.46. The molecule has 2 aromatic heterocycles. The molecule has 10 heteroatoms. The summed E-state index contributed by atoms with van der Waals surface area (Å²) in [6.07, 6.45) is 0.890. The number of nitrogens with zero attached hydrogens (tertiary/aromatic N) is 4. The number of carbonyl (C=O) groups is 1. The number of hydrogen-bond acceptors (Lipinski definition) is 6. The number of piperidine rings is 1. The fourth-order valence-electron chi connectivity index (χ4n) is 3.47. The van der Waals surface area contributed by atoms with E-state index in [9.17, 15) is 18.0 Å². The van der Waals surface area contributed by atoms with Crippen LogP contribution >= 0.6 is 0 Å². The molecule has 0 bridgehead atoms. The first-order chi connectivity index (χ1) is 13.3. The average molecular weight is 395 g/mol. The largest absolute Gasteiger partial charge is 0.417 e. The van der Waals surface area contributed by atoms with Gasteiger partial charge in [0.05, 0.1) is 5.56 Å². The molecule has 1 aliphatic carbocycles. The predicted octanol–water partition coefficient (Wildman–Crippen LogP) is 3.35. The lowest BCUT2D eigenvalue weighted by Crippen LogP contribution is -2.45. The fraction of sp³-hybridized carbons (Fsp3) is 0.556. The number of alkyl halides is 3. The predicted molar refractivity (Wildman–Crippen MR) is 93.1 cm³/mol. The molecular weight excluding hydrogens is 375 g/mol. The molecule has 2 fully saturated rings. The highest BCUT2D eigenvalue weighted by atomic mass is 19.4. The molecule has 150 valence electrons. The molecule has 7 nitrogen and oxygen atoms in total. The Bertz CT molecular complexity index is 851. The molecule has 0 aromatic carbocycles. The maximum absolute atomic E-state index is 12.6. The van der Waals surface area contributed by atoms with Crippen molar-refractivity contribution in [3.05, 3.63) is 23.9 Å². The van der Waals surface area contributed by atoms with Gasteiger partial charge in [-0.15, -0.1) is 5.10 Å². The molecule has 28 heavy (non-hydrogen) atoms. The van der Waals surface area contributed by atoms with Crippen molar-refractivity contribution in [1.82, 2.24) is 20.1 Å². The van der Waals surface area contributed by atoms with E-state index in [0.29, 0.717) is 11.6 Å². The van der Waals surface area contributed by atoms with E-state index in [-0.39, 0.29) is 23.5 Å². The Morgan fingerprint density at radius 1 is 1.21 bits per heavy atom. The van der Waals surface area contributed by atoms with Crippen LogP contribution in [0.2, 0.25) is 0 Å². The van der Waals surface area contributed by atoms with Crippen LogP contribution in [0.15, 0.2) is 22.7 Å². The van der Waals surface area contributed by atoms with E-state index in [2.05, 4.69) is 20.5 Å². The van der Waals surface area contributed by atoms with Gasteiger partial charge in [0.15, 0.2) is 0 Å². The van der Waals surface area contributed by atoms with Gasteiger partial charge in [-0.2, -0.15) is 13.2 Å². The van der Waals surface area contributed by atoms with E-state index in [1.807, 2.05) is 4.90 Å². The first kappa shape index (κ1) is 18.7. The van der Waals surface area contributed by atoms with Gasteiger partial charge in [-0.1, -0.05) is 5.10 Å². The number of likely N-dealkylation sites (tertiary alicyclic amines) is 1. The van der Waals surface area contributed by atoms with E-state index in [1.165, 1.54) is 12.8 Å². The van der Waals surface area contributed by atoms with E-state index in [1.54, 1.807) is 6.92 Å². The summed E-state index contributed by atoms with van der Waals surface area (Å²) in [5.41, 5.74) is -0.245. The number of pyridine rings is 1. The van der Waals surface area contributed by atoms with Crippen molar-refractivity contribution in [3.8, 4) is 11.6 Å². The van der Waals surface area contributed by atoms with Crippen LogP contribution in [0.25, 0.3) is 11.6 Å². The van der Waals surface area contributed by atoms with Gasteiger partial charge < -0.3 is 14.6 Å².